The number of para-hydroxylation sites is 1. The number of rotatable bonds is 3. The molecule has 0 aliphatic rings. The van der Waals surface area contributed by atoms with Crippen LogP contribution in [-0.2, 0) is 0 Å². The molecule has 0 amide bonds. The van der Waals surface area contributed by atoms with Crippen LogP contribution in [0.25, 0.3) is 55.7 Å². The maximum atomic E-state index is 5.97. The van der Waals surface area contributed by atoms with E-state index in [1.165, 1.54) is 11.1 Å². The summed E-state index contributed by atoms with van der Waals surface area (Å²) in [6, 6.07) is 35.2. The summed E-state index contributed by atoms with van der Waals surface area (Å²) in [4.78, 5) is 9.66. The van der Waals surface area contributed by atoms with E-state index in [0.29, 0.717) is 5.82 Å². The zero-order valence-electron chi connectivity index (χ0n) is 17.0. The lowest BCUT2D eigenvalue weighted by Crippen LogP contribution is -1.95. The van der Waals surface area contributed by atoms with Gasteiger partial charge in [-0.3, -0.25) is 0 Å². The Kier molecular flexibility index (Phi) is 4.72. The van der Waals surface area contributed by atoms with Gasteiger partial charge in [-0.15, -0.1) is 0 Å². The van der Waals surface area contributed by atoms with Crippen LogP contribution < -0.4 is 0 Å². The molecule has 6 rings (SSSR count). The highest BCUT2D eigenvalue weighted by molar-refractivity contribution is 14.1. The standard InChI is InChI=1S/C28H17IN2O/c29-27-17-24(20-10-6-9-19(15-20)18-7-2-1-3-8-18)30-28(31-27)21-13-14-26-23(16-21)22-11-4-5-12-25(22)32-26/h1-17H. The first-order chi connectivity index (χ1) is 15.7. The van der Waals surface area contributed by atoms with Gasteiger partial charge in [-0.1, -0.05) is 66.7 Å². The number of halogens is 1. The van der Waals surface area contributed by atoms with Crippen LogP contribution in [0.4, 0.5) is 0 Å². The molecule has 0 unspecified atom stereocenters. The first-order valence-electron chi connectivity index (χ1n) is 10.4. The molecule has 0 aliphatic heterocycles. The molecule has 32 heavy (non-hydrogen) atoms. The molecular weight excluding hydrogens is 507 g/mol. The highest BCUT2D eigenvalue weighted by Gasteiger charge is 2.12. The molecule has 2 aromatic heterocycles. The molecular formula is C28H17IN2O. The average molecular weight is 524 g/mol. The smallest absolute Gasteiger partial charge is 0.160 e. The van der Waals surface area contributed by atoms with Gasteiger partial charge in [0.25, 0.3) is 0 Å². The Labute approximate surface area is 198 Å². The summed E-state index contributed by atoms with van der Waals surface area (Å²) in [6.07, 6.45) is 0. The van der Waals surface area contributed by atoms with Gasteiger partial charge in [0.05, 0.1) is 5.69 Å². The number of benzene rings is 4. The van der Waals surface area contributed by atoms with Crippen LogP contribution >= 0.6 is 22.6 Å². The van der Waals surface area contributed by atoms with E-state index in [-0.39, 0.29) is 0 Å². The number of aromatic nitrogens is 2. The summed E-state index contributed by atoms with van der Waals surface area (Å²) < 4.78 is 6.88. The number of hydrogen-bond donors (Lipinski definition) is 0. The Hall–Kier alpha value is -3.51. The normalized spacial score (nSPS) is 11.3. The second-order valence-electron chi connectivity index (χ2n) is 7.66. The van der Waals surface area contributed by atoms with E-state index in [1.54, 1.807) is 0 Å². The number of fused-ring (bicyclic) bond motifs is 3. The van der Waals surface area contributed by atoms with Gasteiger partial charge in [-0.2, -0.15) is 0 Å². The van der Waals surface area contributed by atoms with Gasteiger partial charge in [0.15, 0.2) is 5.82 Å². The molecule has 3 nitrogen and oxygen atoms in total. The molecule has 0 saturated heterocycles. The molecule has 0 radical (unpaired) electrons. The lowest BCUT2D eigenvalue weighted by molar-refractivity contribution is 0.669. The maximum absolute atomic E-state index is 5.97. The average Bonchev–Trinajstić information content (AvgIpc) is 3.22. The van der Waals surface area contributed by atoms with Crippen LogP contribution in [0.5, 0.6) is 0 Å². The summed E-state index contributed by atoms with van der Waals surface area (Å²) in [6.45, 7) is 0. The van der Waals surface area contributed by atoms with Crippen LogP contribution in [0.2, 0.25) is 0 Å². The molecule has 0 bridgehead atoms. The third kappa shape index (κ3) is 3.46. The molecule has 4 heteroatoms. The SMILES string of the molecule is Ic1cc(-c2cccc(-c3ccccc3)c2)nc(-c2ccc3oc4ccccc4c3c2)n1. The summed E-state index contributed by atoms with van der Waals surface area (Å²) in [5.41, 5.74) is 7.08. The van der Waals surface area contributed by atoms with Crippen molar-refractivity contribution in [3.63, 3.8) is 0 Å². The van der Waals surface area contributed by atoms with Crippen LogP contribution in [0.15, 0.2) is 108 Å². The zero-order valence-corrected chi connectivity index (χ0v) is 19.2. The van der Waals surface area contributed by atoms with E-state index in [0.717, 1.165) is 42.5 Å². The molecule has 6 aromatic rings. The number of nitrogens with zero attached hydrogens (tertiary/aromatic N) is 2. The first kappa shape index (κ1) is 19.2. The molecule has 0 atom stereocenters. The van der Waals surface area contributed by atoms with Crippen LogP contribution in [0, 0.1) is 3.70 Å². The van der Waals surface area contributed by atoms with Gasteiger partial charge in [-0.25, -0.2) is 9.97 Å². The van der Waals surface area contributed by atoms with Crippen molar-refractivity contribution in [2.75, 3.05) is 0 Å². The van der Waals surface area contributed by atoms with Gasteiger partial charge in [0.2, 0.25) is 0 Å². The van der Waals surface area contributed by atoms with Gasteiger partial charge >= 0.3 is 0 Å². The number of hydrogen-bond acceptors (Lipinski definition) is 3. The quantitative estimate of drug-likeness (QED) is 0.174. The first-order valence-corrected chi connectivity index (χ1v) is 11.4. The predicted molar refractivity (Wildman–Crippen MR) is 138 cm³/mol. The van der Waals surface area contributed by atoms with E-state index in [9.17, 15) is 0 Å². The van der Waals surface area contributed by atoms with Crippen LogP contribution in [0.3, 0.4) is 0 Å². The third-order valence-corrected chi connectivity index (χ3v) is 6.15. The molecule has 0 N–H and O–H groups in total. The minimum Gasteiger partial charge on any atom is -0.456 e. The molecule has 2 heterocycles. The van der Waals surface area contributed by atoms with Crippen molar-refractivity contribution in [2.24, 2.45) is 0 Å². The highest BCUT2D eigenvalue weighted by Crippen LogP contribution is 2.32. The minimum absolute atomic E-state index is 0.712. The lowest BCUT2D eigenvalue weighted by atomic mass is 10.0. The van der Waals surface area contributed by atoms with Crippen LogP contribution in [0.1, 0.15) is 0 Å². The van der Waals surface area contributed by atoms with Gasteiger partial charge in [-0.05, 0) is 70.1 Å². The summed E-state index contributed by atoms with van der Waals surface area (Å²) >= 11 is 2.27. The maximum Gasteiger partial charge on any atom is 0.160 e. The van der Waals surface area contributed by atoms with Crippen molar-refractivity contribution in [3.05, 3.63) is 107 Å². The molecule has 0 saturated carbocycles. The molecule has 0 spiro atoms. The van der Waals surface area contributed by atoms with Crippen molar-refractivity contribution < 1.29 is 4.42 Å². The zero-order chi connectivity index (χ0) is 21.5. The number of furan rings is 1. The Balaban J connectivity index is 1.46. The largest absolute Gasteiger partial charge is 0.456 e. The molecule has 0 aliphatic carbocycles. The molecule has 152 valence electrons. The fraction of sp³-hybridized carbons (Fsp3) is 0. The fourth-order valence-corrected chi connectivity index (χ4v) is 4.57. The lowest BCUT2D eigenvalue weighted by Gasteiger charge is -2.08. The Morgan fingerprint density at radius 1 is 0.531 bits per heavy atom. The third-order valence-electron chi connectivity index (χ3n) is 5.60. The van der Waals surface area contributed by atoms with E-state index >= 15 is 0 Å². The Morgan fingerprint density at radius 2 is 1.28 bits per heavy atom. The monoisotopic (exact) mass is 524 g/mol. The minimum atomic E-state index is 0.712. The fourth-order valence-electron chi connectivity index (χ4n) is 4.05. The predicted octanol–water partition coefficient (Wildman–Crippen LogP) is 7.98. The Bertz CT molecular complexity index is 1590. The van der Waals surface area contributed by atoms with Gasteiger partial charge in [0.1, 0.15) is 14.9 Å². The highest BCUT2D eigenvalue weighted by atomic mass is 127. The van der Waals surface area contributed by atoms with E-state index in [4.69, 9.17) is 14.4 Å². The Morgan fingerprint density at radius 3 is 2.19 bits per heavy atom. The summed E-state index contributed by atoms with van der Waals surface area (Å²) in [5, 5.41) is 2.18. The second-order valence-corrected chi connectivity index (χ2v) is 8.76. The summed E-state index contributed by atoms with van der Waals surface area (Å²) in [7, 11) is 0. The van der Waals surface area contributed by atoms with Gasteiger partial charge < -0.3 is 4.42 Å². The van der Waals surface area contributed by atoms with Crippen molar-refractivity contribution in [1.82, 2.24) is 9.97 Å². The second kappa shape index (κ2) is 7.88. The van der Waals surface area contributed by atoms with Crippen molar-refractivity contribution >= 4 is 44.5 Å². The molecule has 0 fully saturated rings. The van der Waals surface area contributed by atoms with E-state index in [1.807, 2.05) is 42.5 Å². The molecule has 4 aromatic carbocycles. The van der Waals surface area contributed by atoms with Gasteiger partial charge in [0, 0.05) is 21.9 Å². The van der Waals surface area contributed by atoms with E-state index in [2.05, 4.69) is 83.3 Å². The van der Waals surface area contributed by atoms with Crippen molar-refractivity contribution in [2.45, 2.75) is 0 Å². The summed E-state index contributed by atoms with van der Waals surface area (Å²) in [5.74, 6) is 0.712. The topological polar surface area (TPSA) is 38.9 Å². The van der Waals surface area contributed by atoms with Crippen LogP contribution in [-0.4, -0.2) is 9.97 Å². The van der Waals surface area contributed by atoms with Crippen molar-refractivity contribution in [3.8, 4) is 33.8 Å². The van der Waals surface area contributed by atoms with E-state index < -0.39 is 0 Å². The van der Waals surface area contributed by atoms with Crippen molar-refractivity contribution in [1.29, 1.82) is 0 Å².